The highest BCUT2D eigenvalue weighted by molar-refractivity contribution is 5.82. The van der Waals surface area contributed by atoms with Crippen LogP contribution in [0, 0.1) is 11.3 Å². The first-order valence-corrected chi connectivity index (χ1v) is 3.91. The Bertz CT molecular complexity index is 510. The molecule has 0 aliphatic carbocycles. The highest BCUT2D eigenvalue weighted by Crippen LogP contribution is 2.34. The van der Waals surface area contributed by atoms with Crippen LogP contribution in [-0.2, 0) is 5.92 Å². The summed E-state index contributed by atoms with van der Waals surface area (Å²) in [6.07, 6.45) is 0.924. The first kappa shape index (κ1) is 8.70. The van der Waals surface area contributed by atoms with Crippen molar-refractivity contribution in [2.45, 2.75) is 5.92 Å². The quantitative estimate of drug-likeness (QED) is 0.697. The normalized spacial score (nSPS) is 11.5. The van der Waals surface area contributed by atoms with Crippen molar-refractivity contribution in [2.24, 2.45) is 0 Å². The van der Waals surface area contributed by atoms with Crippen LogP contribution in [-0.4, -0.2) is 0 Å². The molecule has 4 heteroatoms. The predicted molar refractivity (Wildman–Crippen MR) is 45.7 cm³/mol. The van der Waals surface area contributed by atoms with Gasteiger partial charge in [-0.1, -0.05) is 18.2 Å². The minimum Gasteiger partial charge on any atom is -0.464 e. The lowest BCUT2D eigenvalue weighted by Gasteiger charge is -2.03. The molecule has 14 heavy (non-hydrogen) atoms. The average Bonchev–Trinajstić information content (AvgIpc) is 2.61. The van der Waals surface area contributed by atoms with Crippen LogP contribution in [0.3, 0.4) is 0 Å². The number of hydrogen-bond donors (Lipinski definition) is 0. The number of nitriles is 1. The Kier molecular flexibility index (Phi) is 1.74. The molecular formula is C10H5F2NO. The van der Waals surface area contributed by atoms with Crippen LogP contribution < -0.4 is 0 Å². The summed E-state index contributed by atoms with van der Waals surface area (Å²) in [4.78, 5) is 0. The first-order valence-electron chi connectivity index (χ1n) is 3.91. The van der Waals surface area contributed by atoms with Gasteiger partial charge in [0.1, 0.15) is 17.9 Å². The van der Waals surface area contributed by atoms with Gasteiger partial charge in [-0.15, -0.1) is 0 Å². The van der Waals surface area contributed by atoms with Gasteiger partial charge in [-0.05, 0) is 6.07 Å². The molecule has 70 valence electrons. The standard InChI is InChI=1S/C10H5F2NO/c11-10(12,6-13)8-5-14-9-4-2-1-3-7(8)9/h1-5H. The summed E-state index contributed by atoms with van der Waals surface area (Å²) in [7, 11) is 0. The SMILES string of the molecule is N#CC(F)(F)c1coc2ccccc12. The fourth-order valence-corrected chi connectivity index (χ4v) is 1.28. The van der Waals surface area contributed by atoms with E-state index in [2.05, 4.69) is 0 Å². The third-order valence-electron chi connectivity index (χ3n) is 1.96. The largest absolute Gasteiger partial charge is 0.464 e. The van der Waals surface area contributed by atoms with E-state index < -0.39 is 5.92 Å². The number of fused-ring (bicyclic) bond motifs is 1. The van der Waals surface area contributed by atoms with Gasteiger partial charge in [0.25, 0.3) is 0 Å². The van der Waals surface area contributed by atoms with Crippen LogP contribution in [0.25, 0.3) is 11.0 Å². The van der Waals surface area contributed by atoms with Gasteiger partial charge in [0.05, 0.1) is 5.56 Å². The molecule has 1 heterocycles. The molecule has 2 nitrogen and oxygen atoms in total. The highest BCUT2D eigenvalue weighted by atomic mass is 19.3. The van der Waals surface area contributed by atoms with E-state index in [0.29, 0.717) is 5.58 Å². The van der Waals surface area contributed by atoms with Gasteiger partial charge in [0, 0.05) is 5.39 Å². The van der Waals surface area contributed by atoms with Gasteiger partial charge < -0.3 is 4.42 Å². The first-order chi connectivity index (χ1) is 6.65. The Morgan fingerprint density at radius 1 is 1.29 bits per heavy atom. The molecule has 1 aromatic heterocycles. The Morgan fingerprint density at radius 3 is 2.71 bits per heavy atom. The van der Waals surface area contributed by atoms with Crippen molar-refractivity contribution in [3.63, 3.8) is 0 Å². The van der Waals surface area contributed by atoms with Crippen molar-refractivity contribution in [1.82, 2.24) is 0 Å². The molecule has 0 saturated carbocycles. The number of rotatable bonds is 1. The Hall–Kier alpha value is -1.89. The zero-order chi connectivity index (χ0) is 10.2. The maximum absolute atomic E-state index is 13.0. The topological polar surface area (TPSA) is 36.9 Å². The van der Waals surface area contributed by atoms with Crippen LogP contribution in [0.15, 0.2) is 34.9 Å². The molecule has 0 aliphatic rings. The number of halogens is 2. The second-order valence-electron chi connectivity index (χ2n) is 2.83. The van der Waals surface area contributed by atoms with Gasteiger partial charge in [0.15, 0.2) is 0 Å². The zero-order valence-electron chi connectivity index (χ0n) is 7.00. The maximum Gasteiger partial charge on any atom is 0.361 e. The molecule has 0 spiro atoms. The Morgan fingerprint density at radius 2 is 2.00 bits per heavy atom. The van der Waals surface area contributed by atoms with Crippen LogP contribution in [0.2, 0.25) is 0 Å². The molecular weight excluding hydrogens is 188 g/mol. The van der Waals surface area contributed by atoms with Gasteiger partial charge in [-0.2, -0.15) is 14.0 Å². The molecule has 0 bridgehead atoms. The van der Waals surface area contributed by atoms with Crippen molar-refractivity contribution in [3.05, 3.63) is 36.1 Å². The molecule has 2 aromatic rings. The average molecular weight is 193 g/mol. The zero-order valence-corrected chi connectivity index (χ0v) is 7.00. The minimum absolute atomic E-state index is 0.277. The Labute approximate surface area is 78.4 Å². The second-order valence-corrected chi connectivity index (χ2v) is 2.83. The van der Waals surface area contributed by atoms with Crippen molar-refractivity contribution < 1.29 is 13.2 Å². The molecule has 0 unspecified atom stereocenters. The molecule has 2 rings (SSSR count). The number of benzene rings is 1. The van der Waals surface area contributed by atoms with Crippen molar-refractivity contribution >= 4 is 11.0 Å². The lowest BCUT2D eigenvalue weighted by molar-refractivity contribution is 0.0620. The summed E-state index contributed by atoms with van der Waals surface area (Å²) in [5.41, 5.74) is -0.0203. The van der Waals surface area contributed by atoms with Crippen LogP contribution >= 0.6 is 0 Å². The minimum atomic E-state index is -3.49. The van der Waals surface area contributed by atoms with E-state index in [-0.39, 0.29) is 10.9 Å². The molecule has 0 amide bonds. The summed E-state index contributed by atoms with van der Waals surface area (Å²) in [5.74, 6) is -3.49. The van der Waals surface area contributed by atoms with E-state index in [0.717, 1.165) is 12.3 Å². The van der Waals surface area contributed by atoms with Crippen molar-refractivity contribution in [2.75, 3.05) is 0 Å². The van der Waals surface area contributed by atoms with E-state index in [1.165, 1.54) is 6.07 Å². The van der Waals surface area contributed by atoms with Gasteiger partial charge in [0.2, 0.25) is 0 Å². The van der Waals surface area contributed by atoms with Crippen molar-refractivity contribution in [3.8, 4) is 6.07 Å². The molecule has 0 fully saturated rings. The highest BCUT2D eigenvalue weighted by Gasteiger charge is 2.34. The summed E-state index contributed by atoms with van der Waals surface area (Å²) < 4.78 is 31.0. The molecule has 0 saturated heterocycles. The van der Waals surface area contributed by atoms with E-state index in [1.54, 1.807) is 18.2 Å². The van der Waals surface area contributed by atoms with Crippen LogP contribution in [0.1, 0.15) is 5.56 Å². The van der Waals surface area contributed by atoms with E-state index in [1.807, 2.05) is 0 Å². The number of alkyl halides is 2. The molecule has 1 aromatic carbocycles. The maximum atomic E-state index is 13.0. The van der Waals surface area contributed by atoms with Gasteiger partial charge in [-0.3, -0.25) is 0 Å². The molecule has 0 N–H and O–H groups in total. The number of nitrogens with zero attached hydrogens (tertiary/aromatic N) is 1. The third-order valence-corrected chi connectivity index (χ3v) is 1.96. The molecule has 0 atom stereocenters. The van der Waals surface area contributed by atoms with Crippen LogP contribution in [0.5, 0.6) is 0 Å². The molecule has 0 radical (unpaired) electrons. The monoisotopic (exact) mass is 193 g/mol. The number of furan rings is 1. The lowest BCUT2D eigenvalue weighted by atomic mass is 10.1. The molecule has 0 aliphatic heterocycles. The predicted octanol–water partition coefficient (Wildman–Crippen LogP) is 3.05. The number of hydrogen-bond acceptors (Lipinski definition) is 2. The summed E-state index contributed by atoms with van der Waals surface area (Å²) >= 11 is 0. The van der Waals surface area contributed by atoms with Gasteiger partial charge in [-0.25, -0.2) is 0 Å². The fourth-order valence-electron chi connectivity index (χ4n) is 1.28. The third kappa shape index (κ3) is 1.14. The van der Waals surface area contributed by atoms with E-state index in [9.17, 15) is 8.78 Å². The summed E-state index contributed by atoms with van der Waals surface area (Å²) in [6.45, 7) is 0. The van der Waals surface area contributed by atoms with E-state index >= 15 is 0 Å². The summed E-state index contributed by atoms with van der Waals surface area (Å²) in [6, 6.07) is 7.32. The second kappa shape index (κ2) is 2.81. The smallest absolute Gasteiger partial charge is 0.361 e. The van der Waals surface area contributed by atoms with Crippen LogP contribution in [0.4, 0.5) is 8.78 Å². The fraction of sp³-hybridized carbons (Fsp3) is 0.100. The van der Waals surface area contributed by atoms with Gasteiger partial charge >= 0.3 is 5.92 Å². The Balaban J connectivity index is 2.72. The van der Waals surface area contributed by atoms with Crippen molar-refractivity contribution in [1.29, 1.82) is 5.26 Å². The summed E-state index contributed by atoms with van der Waals surface area (Å²) in [5, 5.41) is 8.56. The van der Waals surface area contributed by atoms with E-state index in [4.69, 9.17) is 9.68 Å². The number of para-hydroxylation sites is 1. The lowest BCUT2D eigenvalue weighted by Crippen LogP contribution is -2.08.